The number of rotatable bonds is 3. The molecule has 0 aliphatic carbocycles. The third-order valence-electron chi connectivity index (χ3n) is 2.16. The van der Waals surface area contributed by atoms with E-state index in [9.17, 15) is 0 Å². The minimum atomic E-state index is 0.502. The Bertz CT molecular complexity index is 308. The second-order valence-electron chi connectivity index (χ2n) is 3.20. The van der Waals surface area contributed by atoms with Crippen LogP contribution in [0.1, 0.15) is 5.56 Å². The van der Waals surface area contributed by atoms with Gasteiger partial charge in [0.25, 0.3) is 0 Å². The van der Waals surface area contributed by atoms with E-state index < -0.39 is 0 Å². The molecule has 1 aromatic heterocycles. The molecule has 0 radical (unpaired) electrons. The molecule has 5 heteroatoms. The van der Waals surface area contributed by atoms with Gasteiger partial charge in [0.2, 0.25) is 0 Å². The van der Waals surface area contributed by atoms with Gasteiger partial charge in [-0.05, 0) is 37.4 Å². The number of hydrogen-bond donors (Lipinski definition) is 1. The van der Waals surface area contributed by atoms with Gasteiger partial charge in [0, 0.05) is 27.9 Å². The van der Waals surface area contributed by atoms with E-state index in [4.69, 9.17) is 4.74 Å². The number of nitrogens with one attached hydrogen (secondary N) is 1. The summed E-state index contributed by atoms with van der Waals surface area (Å²) in [5.74, 6) is 0. The highest BCUT2D eigenvalue weighted by Crippen LogP contribution is 2.23. The molecular weight excluding hydrogens is 312 g/mol. The summed E-state index contributed by atoms with van der Waals surface area (Å²) in [7, 11) is 0. The highest BCUT2D eigenvalue weighted by Gasteiger charge is 2.18. The SMILES string of the molecule is Brc1cncc(Br)c1CNC1COC1. The number of halogens is 2. The Morgan fingerprint density at radius 1 is 1.36 bits per heavy atom. The molecule has 2 rings (SSSR count). The van der Waals surface area contributed by atoms with Gasteiger partial charge < -0.3 is 10.1 Å². The van der Waals surface area contributed by atoms with E-state index in [1.54, 1.807) is 12.4 Å². The van der Waals surface area contributed by atoms with E-state index in [2.05, 4.69) is 42.2 Å². The van der Waals surface area contributed by atoms with Crippen molar-refractivity contribution in [2.45, 2.75) is 12.6 Å². The van der Waals surface area contributed by atoms with E-state index >= 15 is 0 Å². The van der Waals surface area contributed by atoms with E-state index in [-0.39, 0.29) is 0 Å². The quantitative estimate of drug-likeness (QED) is 0.925. The highest BCUT2D eigenvalue weighted by molar-refractivity contribution is 9.11. The maximum absolute atomic E-state index is 5.09. The normalized spacial score (nSPS) is 16.7. The Morgan fingerprint density at radius 2 is 2.00 bits per heavy atom. The fraction of sp³-hybridized carbons (Fsp3) is 0.444. The minimum Gasteiger partial charge on any atom is -0.378 e. The van der Waals surface area contributed by atoms with Crippen molar-refractivity contribution in [3.05, 3.63) is 26.9 Å². The predicted molar refractivity (Wildman–Crippen MR) is 61.1 cm³/mol. The summed E-state index contributed by atoms with van der Waals surface area (Å²) < 4.78 is 7.14. The third-order valence-corrected chi connectivity index (χ3v) is 3.52. The van der Waals surface area contributed by atoms with Crippen molar-refractivity contribution in [2.24, 2.45) is 0 Å². The van der Waals surface area contributed by atoms with Gasteiger partial charge in [-0.25, -0.2) is 0 Å². The fourth-order valence-corrected chi connectivity index (χ4v) is 2.42. The summed E-state index contributed by atoms with van der Waals surface area (Å²) >= 11 is 6.95. The molecule has 1 saturated heterocycles. The average molecular weight is 322 g/mol. The lowest BCUT2D eigenvalue weighted by atomic mass is 10.2. The van der Waals surface area contributed by atoms with Gasteiger partial charge in [0.1, 0.15) is 0 Å². The van der Waals surface area contributed by atoms with Crippen LogP contribution in [0.4, 0.5) is 0 Å². The van der Waals surface area contributed by atoms with Crippen LogP contribution >= 0.6 is 31.9 Å². The minimum absolute atomic E-state index is 0.502. The molecule has 0 atom stereocenters. The van der Waals surface area contributed by atoms with Crippen molar-refractivity contribution < 1.29 is 4.74 Å². The second kappa shape index (κ2) is 4.70. The molecule has 1 aliphatic heterocycles. The van der Waals surface area contributed by atoms with Crippen LogP contribution in [-0.4, -0.2) is 24.2 Å². The summed E-state index contributed by atoms with van der Waals surface area (Å²) in [5, 5.41) is 3.40. The van der Waals surface area contributed by atoms with Crippen molar-refractivity contribution in [3.63, 3.8) is 0 Å². The van der Waals surface area contributed by atoms with E-state index in [1.807, 2.05) is 0 Å². The molecule has 14 heavy (non-hydrogen) atoms. The van der Waals surface area contributed by atoms with Crippen molar-refractivity contribution in [2.75, 3.05) is 13.2 Å². The number of hydrogen-bond acceptors (Lipinski definition) is 3. The van der Waals surface area contributed by atoms with Crippen molar-refractivity contribution in [1.82, 2.24) is 10.3 Å². The van der Waals surface area contributed by atoms with Gasteiger partial charge >= 0.3 is 0 Å². The summed E-state index contributed by atoms with van der Waals surface area (Å²) in [5.41, 5.74) is 1.20. The molecule has 2 heterocycles. The predicted octanol–water partition coefficient (Wildman–Crippen LogP) is 2.09. The van der Waals surface area contributed by atoms with Crippen molar-refractivity contribution >= 4 is 31.9 Å². The summed E-state index contributed by atoms with van der Waals surface area (Å²) in [6, 6.07) is 0.502. The monoisotopic (exact) mass is 320 g/mol. The topological polar surface area (TPSA) is 34.2 Å². The molecule has 0 bridgehead atoms. The second-order valence-corrected chi connectivity index (χ2v) is 4.91. The first-order chi connectivity index (χ1) is 6.77. The lowest BCUT2D eigenvalue weighted by Gasteiger charge is -2.27. The maximum atomic E-state index is 5.09. The van der Waals surface area contributed by atoms with Gasteiger partial charge in [-0.3, -0.25) is 4.98 Å². The third kappa shape index (κ3) is 2.34. The molecule has 3 nitrogen and oxygen atoms in total. The summed E-state index contributed by atoms with van der Waals surface area (Å²) in [6.07, 6.45) is 3.61. The largest absolute Gasteiger partial charge is 0.378 e. The molecule has 1 N–H and O–H groups in total. The molecule has 1 aliphatic rings. The van der Waals surface area contributed by atoms with Crippen LogP contribution in [-0.2, 0) is 11.3 Å². The average Bonchev–Trinajstić information content (AvgIpc) is 2.07. The van der Waals surface area contributed by atoms with E-state index in [0.29, 0.717) is 6.04 Å². The Labute approximate surface area is 99.5 Å². The highest BCUT2D eigenvalue weighted by atomic mass is 79.9. The molecule has 0 spiro atoms. The summed E-state index contributed by atoms with van der Waals surface area (Å²) in [6.45, 7) is 2.47. The molecule has 76 valence electrons. The molecule has 1 aromatic rings. The lowest BCUT2D eigenvalue weighted by Crippen LogP contribution is -2.45. The zero-order valence-electron chi connectivity index (χ0n) is 7.46. The first kappa shape index (κ1) is 10.5. The van der Waals surface area contributed by atoms with Crippen LogP contribution in [0, 0.1) is 0 Å². The lowest BCUT2D eigenvalue weighted by molar-refractivity contribution is -0.00582. The van der Waals surface area contributed by atoms with Crippen molar-refractivity contribution in [3.8, 4) is 0 Å². The number of ether oxygens (including phenoxy) is 1. The van der Waals surface area contributed by atoms with Gasteiger partial charge in [0.05, 0.1) is 19.3 Å². The van der Waals surface area contributed by atoms with Crippen LogP contribution in [0.25, 0.3) is 0 Å². The standard InChI is InChI=1S/C9H10Br2N2O/c10-8-2-12-3-9(11)7(8)1-13-6-4-14-5-6/h2-3,6,13H,1,4-5H2. The van der Waals surface area contributed by atoms with Crippen LogP contribution < -0.4 is 5.32 Å². The Kier molecular flexibility index (Phi) is 3.54. The molecule has 0 amide bonds. The maximum Gasteiger partial charge on any atom is 0.0643 e. The molecule has 0 aromatic carbocycles. The van der Waals surface area contributed by atoms with Crippen LogP contribution in [0.5, 0.6) is 0 Å². The zero-order valence-corrected chi connectivity index (χ0v) is 10.6. The number of pyridine rings is 1. The zero-order chi connectivity index (χ0) is 9.97. The van der Waals surface area contributed by atoms with Crippen LogP contribution in [0.15, 0.2) is 21.3 Å². The Hall–Kier alpha value is 0.0300. The van der Waals surface area contributed by atoms with E-state index in [0.717, 1.165) is 28.7 Å². The molecular formula is C9H10Br2N2O. The van der Waals surface area contributed by atoms with Gasteiger partial charge in [0.15, 0.2) is 0 Å². The molecule has 0 unspecified atom stereocenters. The van der Waals surface area contributed by atoms with Crippen LogP contribution in [0.2, 0.25) is 0 Å². The first-order valence-electron chi connectivity index (χ1n) is 4.36. The Morgan fingerprint density at radius 3 is 2.50 bits per heavy atom. The van der Waals surface area contributed by atoms with Gasteiger partial charge in [-0.2, -0.15) is 0 Å². The smallest absolute Gasteiger partial charge is 0.0643 e. The Balaban J connectivity index is 2.00. The molecule has 0 saturated carbocycles. The van der Waals surface area contributed by atoms with E-state index in [1.165, 1.54) is 5.56 Å². The first-order valence-corrected chi connectivity index (χ1v) is 5.95. The van der Waals surface area contributed by atoms with Gasteiger partial charge in [-0.1, -0.05) is 0 Å². The van der Waals surface area contributed by atoms with Crippen LogP contribution in [0.3, 0.4) is 0 Å². The summed E-state index contributed by atoms with van der Waals surface area (Å²) in [4.78, 5) is 4.06. The molecule has 1 fully saturated rings. The number of aromatic nitrogens is 1. The fourth-order valence-electron chi connectivity index (χ4n) is 1.21. The van der Waals surface area contributed by atoms with Gasteiger partial charge in [-0.15, -0.1) is 0 Å². The van der Waals surface area contributed by atoms with Crippen molar-refractivity contribution in [1.29, 1.82) is 0 Å². The number of nitrogens with zero attached hydrogens (tertiary/aromatic N) is 1.